The van der Waals surface area contributed by atoms with Gasteiger partial charge in [0, 0.05) is 38.8 Å². The predicted octanol–water partition coefficient (Wildman–Crippen LogP) is 0.435. The van der Waals surface area contributed by atoms with E-state index in [0.717, 1.165) is 52.0 Å². The highest BCUT2D eigenvalue weighted by molar-refractivity contribution is 5.78. The van der Waals surface area contributed by atoms with Crippen LogP contribution in [0.2, 0.25) is 0 Å². The first-order chi connectivity index (χ1) is 10.5. The first kappa shape index (κ1) is 18.9. The molecular formula is C16H32N4O2. The number of nitrogens with one attached hydrogen (secondary N) is 2. The first-order valence-corrected chi connectivity index (χ1v) is 8.55. The minimum Gasteiger partial charge on any atom is -0.355 e. The van der Waals surface area contributed by atoms with Crippen LogP contribution >= 0.6 is 0 Å². The molecule has 6 nitrogen and oxygen atoms in total. The zero-order valence-electron chi connectivity index (χ0n) is 14.4. The van der Waals surface area contributed by atoms with E-state index in [-0.39, 0.29) is 17.9 Å². The van der Waals surface area contributed by atoms with Gasteiger partial charge >= 0.3 is 0 Å². The van der Waals surface area contributed by atoms with Crippen LogP contribution in [0.5, 0.6) is 0 Å². The molecule has 6 heteroatoms. The topological polar surface area (TPSA) is 64.7 Å². The van der Waals surface area contributed by atoms with E-state index in [2.05, 4.69) is 34.3 Å². The van der Waals surface area contributed by atoms with Gasteiger partial charge in [-0.15, -0.1) is 0 Å². The summed E-state index contributed by atoms with van der Waals surface area (Å²) in [5.74, 6) is 0.205. The standard InChI is InChI=1S/C16H32N4O2/c1-4-6-7-17-15(21)12-19-8-10-20(11-9-19)13-16(22)18-14(3)5-2/h14H,4-13H2,1-3H3,(H,17,21)(H,18,22). The van der Waals surface area contributed by atoms with E-state index >= 15 is 0 Å². The van der Waals surface area contributed by atoms with Crippen LogP contribution in [0.1, 0.15) is 40.0 Å². The second-order valence-corrected chi connectivity index (χ2v) is 6.13. The van der Waals surface area contributed by atoms with E-state index in [1.54, 1.807) is 0 Å². The summed E-state index contributed by atoms with van der Waals surface area (Å²) in [7, 11) is 0. The molecule has 0 aromatic carbocycles. The average Bonchev–Trinajstić information content (AvgIpc) is 2.49. The molecule has 1 fully saturated rings. The van der Waals surface area contributed by atoms with Crippen molar-refractivity contribution in [3.05, 3.63) is 0 Å². The Labute approximate surface area is 134 Å². The van der Waals surface area contributed by atoms with Crippen molar-refractivity contribution in [1.29, 1.82) is 0 Å². The number of nitrogens with zero attached hydrogens (tertiary/aromatic N) is 2. The Hall–Kier alpha value is -1.14. The Morgan fingerprint density at radius 2 is 1.55 bits per heavy atom. The van der Waals surface area contributed by atoms with E-state index in [1.807, 2.05) is 6.92 Å². The summed E-state index contributed by atoms with van der Waals surface area (Å²) in [6.45, 7) is 11.3. The number of carbonyl (C=O) groups excluding carboxylic acids is 2. The Balaban J connectivity index is 2.17. The maximum Gasteiger partial charge on any atom is 0.234 e. The first-order valence-electron chi connectivity index (χ1n) is 8.55. The molecule has 0 aromatic heterocycles. The van der Waals surface area contributed by atoms with Gasteiger partial charge in [0.25, 0.3) is 0 Å². The Bertz CT molecular complexity index is 341. The lowest BCUT2D eigenvalue weighted by Gasteiger charge is -2.34. The van der Waals surface area contributed by atoms with Crippen molar-refractivity contribution < 1.29 is 9.59 Å². The third-order valence-corrected chi connectivity index (χ3v) is 4.07. The molecule has 0 radical (unpaired) electrons. The second-order valence-electron chi connectivity index (χ2n) is 6.13. The molecule has 1 atom stereocenters. The highest BCUT2D eigenvalue weighted by Crippen LogP contribution is 2.01. The Morgan fingerprint density at radius 1 is 1.00 bits per heavy atom. The van der Waals surface area contributed by atoms with Gasteiger partial charge < -0.3 is 10.6 Å². The van der Waals surface area contributed by atoms with Crippen molar-refractivity contribution in [2.24, 2.45) is 0 Å². The molecule has 1 unspecified atom stereocenters. The molecule has 0 saturated carbocycles. The molecule has 2 N–H and O–H groups in total. The number of hydrogen-bond donors (Lipinski definition) is 2. The quantitative estimate of drug-likeness (QED) is 0.606. The number of amides is 2. The van der Waals surface area contributed by atoms with E-state index in [0.29, 0.717) is 13.1 Å². The zero-order valence-corrected chi connectivity index (χ0v) is 14.4. The van der Waals surface area contributed by atoms with E-state index < -0.39 is 0 Å². The monoisotopic (exact) mass is 312 g/mol. The van der Waals surface area contributed by atoms with E-state index in [4.69, 9.17) is 0 Å². The summed E-state index contributed by atoms with van der Waals surface area (Å²) in [5.41, 5.74) is 0. The molecular weight excluding hydrogens is 280 g/mol. The summed E-state index contributed by atoms with van der Waals surface area (Å²) in [6, 6.07) is 0.237. The summed E-state index contributed by atoms with van der Waals surface area (Å²) < 4.78 is 0. The number of piperazine rings is 1. The third-order valence-electron chi connectivity index (χ3n) is 4.07. The highest BCUT2D eigenvalue weighted by Gasteiger charge is 2.20. The number of hydrogen-bond acceptors (Lipinski definition) is 4. The largest absolute Gasteiger partial charge is 0.355 e. The molecule has 128 valence electrons. The maximum absolute atomic E-state index is 11.9. The fourth-order valence-electron chi connectivity index (χ4n) is 2.39. The van der Waals surface area contributed by atoms with Gasteiger partial charge in [0.1, 0.15) is 0 Å². The van der Waals surface area contributed by atoms with Gasteiger partial charge in [-0.3, -0.25) is 19.4 Å². The van der Waals surface area contributed by atoms with Gasteiger partial charge in [-0.2, -0.15) is 0 Å². The summed E-state index contributed by atoms with van der Waals surface area (Å²) in [4.78, 5) is 27.9. The number of rotatable bonds is 9. The zero-order chi connectivity index (χ0) is 16.4. The van der Waals surface area contributed by atoms with Crippen molar-refractivity contribution in [1.82, 2.24) is 20.4 Å². The van der Waals surface area contributed by atoms with Gasteiger partial charge in [-0.05, 0) is 19.8 Å². The van der Waals surface area contributed by atoms with Crippen molar-refractivity contribution in [2.75, 3.05) is 45.8 Å². The third kappa shape index (κ3) is 7.75. The maximum atomic E-state index is 11.9. The SMILES string of the molecule is CCCCNC(=O)CN1CCN(CC(=O)NC(C)CC)CC1. The second kappa shape index (κ2) is 10.6. The number of carbonyl (C=O) groups is 2. The van der Waals surface area contributed by atoms with Crippen LogP contribution in [0.4, 0.5) is 0 Å². The van der Waals surface area contributed by atoms with Crippen LogP contribution in [0, 0.1) is 0 Å². The summed E-state index contributed by atoms with van der Waals surface area (Å²) in [5, 5.41) is 5.93. The molecule has 0 spiro atoms. The fraction of sp³-hybridized carbons (Fsp3) is 0.875. The molecule has 2 amide bonds. The van der Waals surface area contributed by atoms with Gasteiger partial charge in [-0.1, -0.05) is 20.3 Å². The smallest absolute Gasteiger partial charge is 0.234 e. The molecule has 1 aliphatic heterocycles. The van der Waals surface area contributed by atoms with Crippen LogP contribution in [0.15, 0.2) is 0 Å². The highest BCUT2D eigenvalue weighted by atomic mass is 16.2. The Kier molecular flexibility index (Phi) is 9.08. The summed E-state index contributed by atoms with van der Waals surface area (Å²) >= 11 is 0. The molecule has 22 heavy (non-hydrogen) atoms. The fourth-order valence-corrected chi connectivity index (χ4v) is 2.39. The lowest BCUT2D eigenvalue weighted by Crippen LogP contribution is -2.52. The van der Waals surface area contributed by atoms with E-state index in [1.165, 1.54) is 0 Å². The van der Waals surface area contributed by atoms with Crippen LogP contribution in [0.25, 0.3) is 0 Å². The summed E-state index contributed by atoms with van der Waals surface area (Å²) in [6.07, 6.45) is 3.08. The van der Waals surface area contributed by atoms with Crippen LogP contribution < -0.4 is 10.6 Å². The molecule has 0 aromatic rings. The molecule has 0 aliphatic carbocycles. The number of unbranched alkanes of at least 4 members (excludes halogenated alkanes) is 1. The minimum atomic E-state index is 0.0973. The normalized spacial score (nSPS) is 18.0. The van der Waals surface area contributed by atoms with Crippen molar-refractivity contribution in [2.45, 2.75) is 46.1 Å². The van der Waals surface area contributed by atoms with Crippen molar-refractivity contribution in [3.63, 3.8) is 0 Å². The van der Waals surface area contributed by atoms with Crippen molar-refractivity contribution >= 4 is 11.8 Å². The van der Waals surface area contributed by atoms with Gasteiger partial charge in [0.15, 0.2) is 0 Å². The molecule has 1 aliphatic rings. The van der Waals surface area contributed by atoms with Crippen LogP contribution in [-0.4, -0.2) is 73.5 Å². The lowest BCUT2D eigenvalue weighted by molar-refractivity contribution is -0.125. The molecule has 0 bridgehead atoms. The van der Waals surface area contributed by atoms with E-state index in [9.17, 15) is 9.59 Å². The average molecular weight is 312 g/mol. The molecule has 1 heterocycles. The van der Waals surface area contributed by atoms with Crippen molar-refractivity contribution in [3.8, 4) is 0 Å². The predicted molar refractivity (Wildman–Crippen MR) is 88.7 cm³/mol. The van der Waals surface area contributed by atoms with Crippen LogP contribution in [-0.2, 0) is 9.59 Å². The molecule has 1 rings (SSSR count). The minimum absolute atomic E-state index is 0.0973. The Morgan fingerprint density at radius 3 is 2.05 bits per heavy atom. The van der Waals surface area contributed by atoms with Gasteiger partial charge in [-0.25, -0.2) is 0 Å². The molecule has 1 saturated heterocycles. The van der Waals surface area contributed by atoms with Crippen LogP contribution in [0.3, 0.4) is 0 Å². The lowest BCUT2D eigenvalue weighted by atomic mass is 10.2. The van der Waals surface area contributed by atoms with Gasteiger partial charge in [0.05, 0.1) is 13.1 Å². The van der Waals surface area contributed by atoms with Gasteiger partial charge in [0.2, 0.25) is 11.8 Å².